The molecule has 0 radical (unpaired) electrons. The molecule has 1 aromatic carbocycles. The van der Waals surface area contributed by atoms with Crippen LogP contribution in [-0.2, 0) is 11.3 Å². The molecule has 2 N–H and O–H groups in total. The Hall–Kier alpha value is -1.59. The van der Waals surface area contributed by atoms with Crippen LogP contribution < -0.4 is 10.1 Å². The Morgan fingerprint density at radius 1 is 1.15 bits per heavy atom. The first-order valence-corrected chi connectivity index (χ1v) is 10.1. The van der Waals surface area contributed by atoms with E-state index in [1.165, 1.54) is 31.2 Å². The van der Waals surface area contributed by atoms with Crippen molar-refractivity contribution in [2.24, 2.45) is 5.41 Å². The molecule has 142 valence electrons. The summed E-state index contributed by atoms with van der Waals surface area (Å²) in [5, 5.41) is 13.5. The number of aliphatic hydroxyl groups is 1. The van der Waals surface area contributed by atoms with Gasteiger partial charge >= 0.3 is 0 Å². The summed E-state index contributed by atoms with van der Waals surface area (Å²) in [6.45, 7) is 3.01. The van der Waals surface area contributed by atoms with Gasteiger partial charge in [0.2, 0.25) is 5.91 Å². The molecule has 1 unspecified atom stereocenters. The predicted molar refractivity (Wildman–Crippen MR) is 99.9 cm³/mol. The second-order valence-electron chi connectivity index (χ2n) is 8.20. The van der Waals surface area contributed by atoms with E-state index in [2.05, 4.69) is 34.5 Å². The third-order valence-corrected chi connectivity index (χ3v) is 6.33. The van der Waals surface area contributed by atoms with Crippen molar-refractivity contribution < 1.29 is 14.6 Å². The third kappa shape index (κ3) is 3.60. The minimum atomic E-state index is -0.623. The van der Waals surface area contributed by atoms with Crippen molar-refractivity contribution >= 4 is 5.91 Å². The van der Waals surface area contributed by atoms with Crippen molar-refractivity contribution in [2.75, 3.05) is 19.6 Å². The van der Waals surface area contributed by atoms with Gasteiger partial charge in [-0.2, -0.15) is 0 Å². The second kappa shape index (κ2) is 7.57. The molecule has 4 rings (SSSR count). The van der Waals surface area contributed by atoms with Crippen molar-refractivity contribution in [3.8, 4) is 5.75 Å². The lowest BCUT2D eigenvalue weighted by Gasteiger charge is -2.47. The van der Waals surface area contributed by atoms with Gasteiger partial charge < -0.3 is 15.2 Å². The highest BCUT2D eigenvalue weighted by atomic mass is 16.5. The Kier molecular flexibility index (Phi) is 5.18. The second-order valence-corrected chi connectivity index (χ2v) is 8.20. The maximum Gasteiger partial charge on any atom is 0.230 e. The summed E-state index contributed by atoms with van der Waals surface area (Å²) in [7, 11) is 0. The minimum Gasteiger partial charge on any atom is -0.490 e. The van der Waals surface area contributed by atoms with Gasteiger partial charge in [0.25, 0.3) is 0 Å². The van der Waals surface area contributed by atoms with Crippen LogP contribution in [-0.4, -0.2) is 47.8 Å². The zero-order chi connectivity index (χ0) is 18.0. The molecule has 3 fully saturated rings. The van der Waals surface area contributed by atoms with Gasteiger partial charge in [0.05, 0.1) is 17.6 Å². The number of nitrogens with zero attached hydrogens (tertiary/aromatic N) is 1. The average molecular weight is 358 g/mol. The van der Waals surface area contributed by atoms with E-state index in [0.29, 0.717) is 19.1 Å². The molecular formula is C21H30N2O3. The Morgan fingerprint density at radius 2 is 1.92 bits per heavy atom. The molecule has 0 bridgehead atoms. The minimum absolute atomic E-state index is 0.0289. The lowest BCUT2D eigenvalue weighted by Crippen LogP contribution is -2.61. The average Bonchev–Trinajstić information content (AvgIpc) is 3.15. The highest BCUT2D eigenvalue weighted by molar-refractivity contribution is 5.84. The van der Waals surface area contributed by atoms with Crippen LogP contribution in [0.5, 0.6) is 5.75 Å². The Balaban J connectivity index is 1.38. The number of aliphatic hydroxyl groups excluding tert-OH is 1. The SMILES string of the molecule is O=C1NCCC[C@]12CN(Cc1ccc(OC3CCCC3)cc1)CCC2O. The molecular weight excluding hydrogens is 328 g/mol. The van der Waals surface area contributed by atoms with E-state index in [4.69, 9.17) is 4.74 Å². The van der Waals surface area contributed by atoms with E-state index in [9.17, 15) is 9.90 Å². The van der Waals surface area contributed by atoms with Crippen molar-refractivity contribution in [1.29, 1.82) is 0 Å². The zero-order valence-corrected chi connectivity index (χ0v) is 15.5. The fraction of sp³-hybridized carbons (Fsp3) is 0.667. The Bertz CT molecular complexity index is 627. The highest BCUT2D eigenvalue weighted by Crippen LogP contribution is 2.37. The standard InChI is InChI=1S/C21H30N2O3/c24-19-10-13-23(15-21(19)11-3-12-22-20(21)25)14-16-6-8-18(9-7-16)26-17-4-1-2-5-17/h6-9,17,19,24H,1-5,10-15H2,(H,22,25)/t19?,21-/m1/s1. The number of carbonyl (C=O) groups excluding carboxylic acids is 1. The van der Waals surface area contributed by atoms with Crippen LogP contribution in [0.4, 0.5) is 0 Å². The van der Waals surface area contributed by atoms with Gasteiger partial charge in [-0.25, -0.2) is 0 Å². The molecule has 2 aliphatic heterocycles. The number of carbonyl (C=O) groups is 1. The number of likely N-dealkylation sites (tertiary alicyclic amines) is 1. The summed E-state index contributed by atoms with van der Waals surface area (Å²) in [6, 6.07) is 8.39. The van der Waals surface area contributed by atoms with E-state index in [-0.39, 0.29) is 5.91 Å². The predicted octanol–water partition coefficient (Wildman–Crippen LogP) is 2.47. The van der Waals surface area contributed by atoms with Crippen LogP contribution in [0.25, 0.3) is 0 Å². The van der Waals surface area contributed by atoms with E-state index >= 15 is 0 Å². The van der Waals surface area contributed by atoms with Crippen LogP contribution in [0.15, 0.2) is 24.3 Å². The molecule has 5 nitrogen and oxygen atoms in total. The zero-order valence-electron chi connectivity index (χ0n) is 15.5. The van der Waals surface area contributed by atoms with E-state index in [1.807, 2.05) is 0 Å². The summed E-state index contributed by atoms with van der Waals surface area (Å²) < 4.78 is 6.04. The molecule has 1 amide bonds. The van der Waals surface area contributed by atoms with Crippen molar-refractivity contribution in [3.63, 3.8) is 0 Å². The largest absolute Gasteiger partial charge is 0.490 e. The molecule has 1 spiro atoms. The van der Waals surface area contributed by atoms with E-state index in [1.54, 1.807) is 0 Å². The van der Waals surface area contributed by atoms with E-state index in [0.717, 1.165) is 38.2 Å². The summed E-state index contributed by atoms with van der Waals surface area (Å²) in [6.07, 6.45) is 7.14. The lowest BCUT2D eigenvalue weighted by molar-refractivity contribution is -0.149. The smallest absolute Gasteiger partial charge is 0.230 e. The molecule has 2 heterocycles. The highest BCUT2D eigenvalue weighted by Gasteiger charge is 2.49. The lowest BCUT2D eigenvalue weighted by atomic mass is 9.71. The monoisotopic (exact) mass is 358 g/mol. The maximum absolute atomic E-state index is 12.5. The first-order chi connectivity index (χ1) is 12.7. The van der Waals surface area contributed by atoms with Gasteiger partial charge in [-0.3, -0.25) is 9.69 Å². The van der Waals surface area contributed by atoms with Crippen LogP contribution >= 0.6 is 0 Å². The molecule has 0 aromatic heterocycles. The molecule has 5 heteroatoms. The van der Waals surface area contributed by atoms with Crippen LogP contribution in [0.1, 0.15) is 50.5 Å². The quantitative estimate of drug-likeness (QED) is 0.868. The molecule has 3 aliphatic rings. The Labute approximate surface area is 155 Å². The van der Waals surface area contributed by atoms with Crippen LogP contribution in [0, 0.1) is 5.41 Å². The van der Waals surface area contributed by atoms with Gasteiger partial charge in [-0.1, -0.05) is 12.1 Å². The molecule has 1 saturated carbocycles. The summed E-state index contributed by atoms with van der Waals surface area (Å²) in [5.74, 6) is 0.985. The van der Waals surface area contributed by atoms with Crippen LogP contribution in [0.2, 0.25) is 0 Å². The molecule has 2 atom stereocenters. The van der Waals surface area contributed by atoms with Crippen LogP contribution in [0.3, 0.4) is 0 Å². The molecule has 1 aliphatic carbocycles. The van der Waals surface area contributed by atoms with Gasteiger partial charge in [0.1, 0.15) is 5.75 Å². The number of hydrogen-bond donors (Lipinski definition) is 2. The topological polar surface area (TPSA) is 61.8 Å². The number of ether oxygens (including phenoxy) is 1. The molecule has 1 aromatic rings. The third-order valence-electron chi connectivity index (χ3n) is 6.33. The van der Waals surface area contributed by atoms with Gasteiger partial charge in [0, 0.05) is 26.2 Å². The number of rotatable bonds is 4. The summed E-state index contributed by atoms with van der Waals surface area (Å²) in [5.41, 5.74) is 0.605. The first-order valence-electron chi connectivity index (χ1n) is 10.1. The van der Waals surface area contributed by atoms with Crippen molar-refractivity contribution in [3.05, 3.63) is 29.8 Å². The number of benzene rings is 1. The number of nitrogens with one attached hydrogen (secondary N) is 1. The fourth-order valence-corrected chi connectivity index (χ4v) is 4.79. The van der Waals surface area contributed by atoms with E-state index < -0.39 is 11.5 Å². The Morgan fingerprint density at radius 3 is 2.65 bits per heavy atom. The molecule has 2 saturated heterocycles. The summed E-state index contributed by atoms with van der Waals surface area (Å²) >= 11 is 0. The number of amides is 1. The van der Waals surface area contributed by atoms with Crippen molar-refractivity contribution in [2.45, 2.75) is 63.7 Å². The number of hydrogen-bond acceptors (Lipinski definition) is 4. The summed E-state index contributed by atoms with van der Waals surface area (Å²) in [4.78, 5) is 14.8. The number of piperidine rings is 2. The van der Waals surface area contributed by atoms with Gasteiger partial charge in [-0.05, 0) is 62.6 Å². The van der Waals surface area contributed by atoms with Gasteiger partial charge in [0.15, 0.2) is 0 Å². The maximum atomic E-state index is 12.5. The van der Waals surface area contributed by atoms with Gasteiger partial charge in [-0.15, -0.1) is 0 Å². The normalized spacial score (nSPS) is 30.5. The fourth-order valence-electron chi connectivity index (χ4n) is 4.79. The molecule has 26 heavy (non-hydrogen) atoms. The first kappa shape index (κ1) is 17.8. The van der Waals surface area contributed by atoms with Crippen molar-refractivity contribution in [1.82, 2.24) is 10.2 Å².